The summed E-state index contributed by atoms with van der Waals surface area (Å²) >= 11 is 3.20. The van der Waals surface area contributed by atoms with E-state index in [1.165, 1.54) is 6.08 Å². The number of nitrogens with zero attached hydrogens (tertiary/aromatic N) is 1. The largest absolute Gasteiger partial charge is 0.288 e. The first-order valence-corrected chi connectivity index (χ1v) is 9.88. The number of carbonyl (C=O) groups is 1. The smallest absolute Gasteiger partial charge is 0.283 e. The molecular formula is C19H16BrNO3S. The molecule has 0 amide bonds. The van der Waals surface area contributed by atoms with Crippen LogP contribution in [-0.2, 0) is 10.0 Å². The van der Waals surface area contributed by atoms with Crippen LogP contribution in [-0.4, -0.2) is 19.9 Å². The summed E-state index contributed by atoms with van der Waals surface area (Å²) in [6.45, 7) is 5.56. The van der Waals surface area contributed by atoms with Gasteiger partial charge in [0.15, 0.2) is 0 Å². The lowest BCUT2D eigenvalue weighted by Crippen LogP contribution is -2.16. The zero-order valence-corrected chi connectivity index (χ0v) is 16.4. The standard InChI is InChI=1S/C19H16BrNO3S/c1-11-8-13(3)18(9-12(11)2)25(23,24)21-17-10-16(20)19(22)15-7-5-4-6-14(15)17/h4-10H,1-3H3/b21-17+. The molecule has 0 heterocycles. The van der Waals surface area contributed by atoms with Gasteiger partial charge in [0.25, 0.3) is 10.0 Å². The Kier molecular flexibility index (Phi) is 4.51. The number of hydrogen-bond acceptors (Lipinski definition) is 3. The van der Waals surface area contributed by atoms with Gasteiger partial charge in [0.2, 0.25) is 5.78 Å². The first-order chi connectivity index (χ1) is 11.7. The van der Waals surface area contributed by atoms with Crippen molar-refractivity contribution >= 4 is 37.4 Å². The molecule has 0 spiro atoms. The molecule has 0 aromatic heterocycles. The second kappa shape index (κ2) is 6.35. The number of ketones is 1. The molecule has 0 saturated carbocycles. The Bertz CT molecular complexity index is 1070. The van der Waals surface area contributed by atoms with E-state index in [0.717, 1.165) is 11.1 Å². The molecule has 2 aromatic carbocycles. The van der Waals surface area contributed by atoms with Crippen molar-refractivity contribution in [3.63, 3.8) is 0 Å². The highest BCUT2D eigenvalue weighted by molar-refractivity contribution is 9.12. The number of halogens is 1. The summed E-state index contributed by atoms with van der Waals surface area (Å²) in [4.78, 5) is 12.4. The van der Waals surface area contributed by atoms with Gasteiger partial charge >= 0.3 is 0 Å². The fraction of sp³-hybridized carbons (Fsp3) is 0.158. The van der Waals surface area contributed by atoms with Crippen LogP contribution >= 0.6 is 15.9 Å². The normalized spacial score (nSPS) is 15.9. The van der Waals surface area contributed by atoms with Crippen LogP contribution in [0.3, 0.4) is 0 Å². The third-order valence-corrected chi connectivity index (χ3v) is 6.24. The van der Waals surface area contributed by atoms with Gasteiger partial charge in [-0.3, -0.25) is 4.79 Å². The van der Waals surface area contributed by atoms with Crippen molar-refractivity contribution in [2.24, 2.45) is 4.40 Å². The third kappa shape index (κ3) is 3.24. The molecule has 128 valence electrons. The van der Waals surface area contributed by atoms with E-state index in [1.54, 1.807) is 37.3 Å². The Balaban J connectivity index is 2.20. The van der Waals surface area contributed by atoms with E-state index < -0.39 is 10.0 Å². The van der Waals surface area contributed by atoms with Crippen LogP contribution in [0.15, 0.2) is 56.2 Å². The van der Waals surface area contributed by atoms with Crippen LogP contribution in [0.2, 0.25) is 0 Å². The van der Waals surface area contributed by atoms with Crippen molar-refractivity contribution in [1.29, 1.82) is 0 Å². The lowest BCUT2D eigenvalue weighted by Gasteiger charge is -2.15. The first-order valence-electron chi connectivity index (χ1n) is 7.65. The topological polar surface area (TPSA) is 63.6 Å². The van der Waals surface area contributed by atoms with Gasteiger partial charge in [0.05, 0.1) is 15.1 Å². The second-order valence-electron chi connectivity index (χ2n) is 6.02. The summed E-state index contributed by atoms with van der Waals surface area (Å²) in [5.74, 6) is -0.186. The lowest BCUT2D eigenvalue weighted by atomic mass is 9.94. The fourth-order valence-corrected chi connectivity index (χ4v) is 4.49. The quantitative estimate of drug-likeness (QED) is 0.732. The number of benzene rings is 2. The van der Waals surface area contributed by atoms with Gasteiger partial charge in [-0.1, -0.05) is 30.3 Å². The minimum atomic E-state index is -3.90. The van der Waals surface area contributed by atoms with E-state index in [2.05, 4.69) is 20.3 Å². The summed E-state index contributed by atoms with van der Waals surface area (Å²) in [7, 11) is -3.90. The molecule has 0 aliphatic heterocycles. The molecular weight excluding hydrogens is 402 g/mol. The van der Waals surface area contributed by atoms with Crippen LogP contribution < -0.4 is 0 Å². The lowest BCUT2D eigenvalue weighted by molar-refractivity contribution is 0.104. The fourth-order valence-electron chi connectivity index (χ4n) is 2.76. The van der Waals surface area contributed by atoms with Gasteiger partial charge in [-0.15, -0.1) is 0 Å². The Labute approximate surface area is 155 Å². The monoisotopic (exact) mass is 417 g/mol. The minimum Gasteiger partial charge on any atom is -0.288 e. The molecule has 0 bridgehead atoms. The van der Waals surface area contributed by atoms with Gasteiger partial charge in [-0.25, -0.2) is 0 Å². The molecule has 2 aromatic rings. The van der Waals surface area contributed by atoms with Crippen LogP contribution in [0.4, 0.5) is 0 Å². The highest BCUT2D eigenvalue weighted by atomic mass is 79.9. The molecule has 25 heavy (non-hydrogen) atoms. The van der Waals surface area contributed by atoms with E-state index in [4.69, 9.17) is 0 Å². The average molecular weight is 418 g/mol. The van der Waals surface area contributed by atoms with Crippen molar-refractivity contribution in [2.45, 2.75) is 25.7 Å². The SMILES string of the molecule is Cc1cc(C)c(S(=O)(=O)/N=C2\C=C(Br)C(=O)c3ccccc32)cc1C. The Morgan fingerprint density at radius 1 is 0.920 bits per heavy atom. The predicted octanol–water partition coefficient (Wildman–Crippen LogP) is 4.26. The van der Waals surface area contributed by atoms with Crippen LogP contribution in [0, 0.1) is 20.8 Å². The molecule has 1 aliphatic carbocycles. The Morgan fingerprint density at radius 2 is 1.52 bits per heavy atom. The first kappa shape index (κ1) is 17.8. The summed E-state index contributed by atoms with van der Waals surface area (Å²) in [5.41, 5.74) is 3.76. The van der Waals surface area contributed by atoms with Crippen LogP contribution in [0.5, 0.6) is 0 Å². The van der Waals surface area contributed by atoms with E-state index in [9.17, 15) is 13.2 Å². The van der Waals surface area contributed by atoms with E-state index in [-0.39, 0.29) is 20.9 Å². The molecule has 0 unspecified atom stereocenters. The number of rotatable bonds is 2. The molecule has 6 heteroatoms. The molecule has 0 N–H and O–H groups in total. The van der Waals surface area contributed by atoms with Crippen molar-refractivity contribution in [3.8, 4) is 0 Å². The summed E-state index contributed by atoms with van der Waals surface area (Å²) in [6.07, 6.45) is 1.46. The number of allylic oxidation sites excluding steroid dienone is 2. The van der Waals surface area contributed by atoms with Crippen molar-refractivity contribution in [1.82, 2.24) is 0 Å². The number of aryl methyl sites for hydroxylation is 3. The van der Waals surface area contributed by atoms with E-state index in [0.29, 0.717) is 16.7 Å². The predicted molar refractivity (Wildman–Crippen MR) is 102 cm³/mol. The maximum Gasteiger partial charge on any atom is 0.283 e. The highest BCUT2D eigenvalue weighted by Crippen LogP contribution is 2.27. The van der Waals surface area contributed by atoms with Gasteiger partial charge in [-0.2, -0.15) is 12.8 Å². The Morgan fingerprint density at radius 3 is 2.20 bits per heavy atom. The van der Waals surface area contributed by atoms with Crippen LogP contribution in [0.1, 0.15) is 32.6 Å². The molecule has 0 atom stereocenters. The number of sulfonamides is 1. The second-order valence-corrected chi connectivity index (χ2v) is 8.45. The number of hydrogen-bond donors (Lipinski definition) is 0. The van der Waals surface area contributed by atoms with Crippen molar-refractivity contribution in [2.75, 3.05) is 0 Å². The molecule has 4 nitrogen and oxygen atoms in total. The van der Waals surface area contributed by atoms with E-state index >= 15 is 0 Å². The average Bonchev–Trinajstić information content (AvgIpc) is 2.55. The van der Waals surface area contributed by atoms with Crippen molar-refractivity contribution < 1.29 is 13.2 Å². The zero-order chi connectivity index (χ0) is 18.4. The maximum absolute atomic E-state index is 12.9. The van der Waals surface area contributed by atoms with Crippen molar-refractivity contribution in [3.05, 3.63) is 74.8 Å². The maximum atomic E-state index is 12.9. The minimum absolute atomic E-state index is 0.182. The van der Waals surface area contributed by atoms with Gasteiger partial charge < -0.3 is 0 Å². The van der Waals surface area contributed by atoms with Gasteiger partial charge in [-0.05, 0) is 65.5 Å². The highest BCUT2D eigenvalue weighted by Gasteiger charge is 2.25. The number of fused-ring (bicyclic) bond motifs is 1. The summed E-state index contributed by atoms with van der Waals surface area (Å²) in [5, 5.41) is 0. The molecule has 0 fully saturated rings. The molecule has 1 aliphatic rings. The number of carbonyl (C=O) groups excluding carboxylic acids is 1. The Hall–Kier alpha value is -2.05. The molecule has 3 rings (SSSR count). The molecule has 0 radical (unpaired) electrons. The van der Waals surface area contributed by atoms with Crippen LogP contribution in [0.25, 0.3) is 0 Å². The number of Topliss-reactive ketones (excluding diaryl/α,β-unsaturated/α-hetero) is 1. The zero-order valence-electron chi connectivity index (χ0n) is 14.0. The van der Waals surface area contributed by atoms with Gasteiger partial charge in [0.1, 0.15) is 0 Å². The summed E-state index contributed by atoms with van der Waals surface area (Å²) in [6, 6.07) is 10.3. The van der Waals surface area contributed by atoms with Gasteiger partial charge in [0, 0.05) is 11.1 Å². The third-order valence-electron chi connectivity index (χ3n) is 4.22. The van der Waals surface area contributed by atoms with E-state index in [1.807, 2.05) is 19.9 Å². The molecule has 0 saturated heterocycles. The summed E-state index contributed by atoms with van der Waals surface area (Å²) < 4.78 is 30.0.